The molecule has 0 amide bonds. The number of hydrogen-bond acceptors (Lipinski definition) is 5. The van der Waals surface area contributed by atoms with E-state index < -0.39 is 11.0 Å². The molecule has 0 spiro atoms. The first-order valence-electron chi connectivity index (χ1n) is 5.69. The summed E-state index contributed by atoms with van der Waals surface area (Å²) in [4.78, 5) is 31.5. The molecule has 19 heavy (non-hydrogen) atoms. The van der Waals surface area contributed by atoms with E-state index >= 15 is 0 Å². The van der Waals surface area contributed by atoms with Crippen LogP contribution in [0.3, 0.4) is 0 Å². The van der Waals surface area contributed by atoms with Gasteiger partial charge in [-0.15, -0.1) is 11.3 Å². The number of nitrogens with zero attached hydrogens (tertiary/aromatic N) is 2. The summed E-state index contributed by atoms with van der Waals surface area (Å²) in [5, 5.41) is 1.14. The SMILES string of the molecule is O=c1nc2cc(-c3cc4ccccc4s3)nc-2c1=O. The Morgan fingerprint density at radius 1 is 0.947 bits per heavy atom. The van der Waals surface area contributed by atoms with Gasteiger partial charge in [0.1, 0.15) is 5.69 Å². The highest BCUT2D eigenvalue weighted by molar-refractivity contribution is 7.22. The van der Waals surface area contributed by atoms with Crippen LogP contribution in [-0.4, -0.2) is 9.97 Å². The Hall–Kier alpha value is -2.40. The molecule has 1 aromatic heterocycles. The summed E-state index contributed by atoms with van der Waals surface area (Å²) in [6, 6.07) is 11.8. The van der Waals surface area contributed by atoms with Crippen molar-refractivity contribution in [3.63, 3.8) is 0 Å². The number of hydrogen-bond donors (Lipinski definition) is 0. The van der Waals surface area contributed by atoms with Crippen molar-refractivity contribution in [2.75, 3.05) is 0 Å². The highest BCUT2D eigenvalue weighted by Gasteiger charge is 2.20. The first-order valence-corrected chi connectivity index (χ1v) is 6.51. The van der Waals surface area contributed by atoms with E-state index in [0.29, 0.717) is 11.4 Å². The molecule has 0 saturated carbocycles. The van der Waals surface area contributed by atoms with Crippen LogP contribution in [0.5, 0.6) is 0 Å². The van der Waals surface area contributed by atoms with Crippen LogP contribution in [0.15, 0.2) is 46.0 Å². The molecule has 0 unspecified atom stereocenters. The fourth-order valence-electron chi connectivity index (χ4n) is 2.16. The Balaban J connectivity index is 1.97. The van der Waals surface area contributed by atoms with E-state index in [1.807, 2.05) is 30.3 Å². The molecule has 5 heteroatoms. The monoisotopic (exact) mass is 266 g/mol. The van der Waals surface area contributed by atoms with Crippen LogP contribution >= 0.6 is 11.3 Å². The Morgan fingerprint density at radius 3 is 2.58 bits per heavy atom. The third-order valence-corrected chi connectivity index (χ3v) is 4.20. The van der Waals surface area contributed by atoms with Crippen LogP contribution in [0.4, 0.5) is 0 Å². The predicted octanol–water partition coefficient (Wildman–Crippen LogP) is 2.06. The van der Waals surface area contributed by atoms with Crippen LogP contribution < -0.4 is 11.0 Å². The molecule has 3 heterocycles. The summed E-state index contributed by atoms with van der Waals surface area (Å²) < 4.78 is 1.17. The van der Waals surface area contributed by atoms with Gasteiger partial charge in [-0.3, -0.25) is 9.59 Å². The first kappa shape index (κ1) is 10.5. The minimum absolute atomic E-state index is 0.178. The Labute approximate surface area is 111 Å². The molecule has 2 aliphatic rings. The zero-order valence-electron chi connectivity index (χ0n) is 9.58. The van der Waals surface area contributed by atoms with Gasteiger partial charge >= 0.3 is 5.56 Å². The molecule has 0 atom stereocenters. The van der Waals surface area contributed by atoms with Crippen molar-refractivity contribution in [2.24, 2.45) is 0 Å². The van der Waals surface area contributed by atoms with E-state index in [9.17, 15) is 9.59 Å². The lowest BCUT2D eigenvalue weighted by Crippen LogP contribution is -2.19. The lowest BCUT2D eigenvalue weighted by atomic mass is 10.2. The first-order chi connectivity index (χ1) is 9.22. The van der Waals surface area contributed by atoms with Crippen LogP contribution in [0.2, 0.25) is 0 Å². The standard InChI is InChI=1S/C14H6N2O2S/c17-13-12-9(16-14(13)18)6-8(15-12)11-5-7-3-1-2-4-10(7)19-11/h1-6H. The molecule has 0 aliphatic carbocycles. The summed E-state index contributed by atoms with van der Waals surface area (Å²) in [5.41, 5.74) is -0.0570. The molecule has 4 rings (SSSR count). The minimum atomic E-state index is -0.722. The second-order valence-corrected chi connectivity index (χ2v) is 5.35. The molecule has 2 aromatic rings. The third-order valence-electron chi connectivity index (χ3n) is 3.06. The third kappa shape index (κ3) is 1.45. The summed E-state index contributed by atoms with van der Waals surface area (Å²) in [5.74, 6) is 0. The lowest BCUT2D eigenvalue weighted by molar-refractivity contribution is 1.31. The zero-order chi connectivity index (χ0) is 13.0. The number of thiophene rings is 1. The maximum Gasteiger partial charge on any atom is 0.320 e. The molecule has 0 saturated heterocycles. The van der Waals surface area contributed by atoms with E-state index in [-0.39, 0.29) is 5.69 Å². The number of fused-ring (bicyclic) bond motifs is 2. The molecular weight excluding hydrogens is 260 g/mol. The highest BCUT2D eigenvalue weighted by Crippen LogP contribution is 2.34. The largest absolute Gasteiger partial charge is 0.320 e. The second-order valence-electron chi connectivity index (χ2n) is 4.27. The van der Waals surface area contributed by atoms with Crippen molar-refractivity contribution in [1.82, 2.24) is 9.97 Å². The number of benzene rings is 1. The van der Waals surface area contributed by atoms with Crippen LogP contribution in [0, 0.1) is 0 Å². The smallest absolute Gasteiger partial charge is 0.281 e. The Morgan fingerprint density at radius 2 is 1.79 bits per heavy atom. The average Bonchev–Trinajstić information content (AvgIpc) is 3.05. The number of rotatable bonds is 1. The maximum atomic E-state index is 11.5. The van der Waals surface area contributed by atoms with E-state index in [1.54, 1.807) is 17.4 Å². The molecule has 90 valence electrons. The van der Waals surface area contributed by atoms with E-state index in [2.05, 4.69) is 9.97 Å². The normalized spacial score (nSPS) is 11.6. The fourth-order valence-corrected chi connectivity index (χ4v) is 3.18. The quantitative estimate of drug-likeness (QED) is 0.495. The number of aromatic nitrogens is 2. The van der Waals surface area contributed by atoms with Crippen LogP contribution in [0.1, 0.15) is 0 Å². The van der Waals surface area contributed by atoms with Crippen molar-refractivity contribution >= 4 is 21.4 Å². The van der Waals surface area contributed by atoms with Gasteiger partial charge in [-0.2, -0.15) is 0 Å². The van der Waals surface area contributed by atoms with Gasteiger partial charge in [0.15, 0.2) is 0 Å². The van der Waals surface area contributed by atoms with Gasteiger partial charge in [-0.1, -0.05) is 18.2 Å². The van der Waals surface area contributed by atoms with Crippen molar-refractivity contribution < 1.29 is 0 Å². The molecule has 0 N–H and O–H groups in total. The van der Waals surface area contributed by atoms with Crippen molar-refractivity contribution in [1.29, 1.82) is 0 Å². The molecular formula is C14H6N2O2S. The van der Waals surface area contributed by atoms with Gasteiger partial charge in [0.05, 0.1) is 16.3 Å². The molecule has 0 radical (unpaired) electrons. The zero-order valence-corrected chi connectivity index (χ0v) is 10.4. The summed E-state index contributed by atoms with van der Waals surface area (Å²) >= 11 is 1.61. The maximum absolute atomic E-state index is 11.5. The van der Waals surface area contributed by atoms with Gasteiger partial charge < -0.3 is 0 Å². The topological polar surface area (TPSA) is 59.9 Å². The summed E-state index contributed by atoms with van der Waals surface area (Å²) in [6.45, 7) is 0. The van der Waals surface area contributed by atoms with Gasteiger partial charge in [0, 0.05) is 4.70 Å². The highest BCUT2D eigenvalue weighted by atomic mass is 32.1. The predicted molar refractivity (Wildman–Crippen MR) is 74.4 cm³/mol. The summed E-state index contributed by atoms with van der Waals surface area (Å²) in [6.07, 6.45) is 0. The lowest BCUT2D eigenvalue weighted by Gasteiger charge is -1.85. The second kappa shape index (κ2) is 3.55. The van der Waals surface area contributed by atoms with Gasteiger partial charge in [-0.25, -0.2) is 9.97 Å². The van der Waals surface area contributed by atoms with Crippen molar-refractivity contribution in [3.8, 4) is 22.0 Å². The van der Waals surface area contributed by atoms with Crippen molar-refractivity contribution in [2.45, 2.75) is 0 Å². The Kier molecular flexibility index (Phi) is 1.97. The average molecular weight is 266 g/mol. The molecule has 4 nitrogen and oxygen atoms in total. The van der Waals surface area contributed by atoms with Crippen LogP contribution in [0.25, 0.3) is 32.0 Å². The van der Waals surface area contributed by atoms with Gasteiger partial charge in [0.2, 0.25) is 0 Å². The molecule has 0 bridgehead atoms. The van der Waals surface area contributed by atoms with E-state index in [4.69, 9.17) is 0 Å². The minimum Gasteiger partial charge on any atom is -0.281 e. The summed E-state index contributed by atoms with van der Waals surface area (Å²) in [7, 11) is 0. The van der Waals surface area contributed by atoms with Crippen molar-refractivity contribution in [3.05, 3.63) is 57.0 Å². The molecule has 2 aliphatic heterocycles. The van der Waals surface area contributed by atoms with Gasteiger partial charge in [-0.05, 0) is 23.6 Å². The fraction of sp³-hybridized carbons (Fsp3) is 0. The van der Waals surface area contributed by atoms with E-state index in [0.717, 1.165) is 10.3 Å². The van der Waals surface area contributed by atoms with Gasteiger partial charge in [0.25, 0.3) is 5.43 Å². The molecule has 0 fully saturated rings. The molecule has 1 aromatic carbocycles. The van der Waals surface area contributed by atoms with Crippen LogP contribution in [-0.2, 0) is 0 Å². The Bertz CT molecular complexity index is 930. The van der Waals surface area contributed by atoms with E-state index in [1.165, 1.54) is 4.70 Å².